The fourth-order valence-electron chi connectivity index (χ4n) is 2.43. The smallest absolute Gasteiger partial charge is 0.161 e. The Hall–Kier alpha value is -0.120. The van der Waals surface area contributed by atoms with Crippen molar-refractivity contribution in [1.29, 1.82) is 0 Å². The van der Waals surface area contributed by atoms with Crippen molar-refractivity contribution in [3.63, 3.8) is 0 Å². The number of alkyl halides is 1. The Morgan fingerprint density at radius 3 is 2.56 bits per heavy atom. The molecule has 3 nitrogen and oxygen atoms in total. The number of carbonyl (C=O) groups excluding carboxylic acids is 1. The minimum Gasteiger partial charge on any atom is -0.352 e. The highest BCUT2D eigenvalue weighted by Crippen LogP contribution is 2.35. The van der Waals surface area contributed by atoms with E-state index in [9.17, 15) is 4.79 Å². The van der Waals surface area contributed by atoms with Crippen molar-refractivity contribution in [3.05, 3.63) is 0 Å². The number of hydrogen-bond donors (Lipinski definition) is 0. The summed E-state index contributed by atoms with van der Waals surface area (Å²) < 4.78 is 11.7. The van der Waals surface area contributed by atoms with Gasteiger partial charge < -0.3 is 14.3 Å². The predicted octanol–water partition coefficient (Wildman–Crippen LogP) is 3.39. The molecule has 0 spiro atoms. The zero-order chi connectivity index (χ0) is 13.7. The van der Waals surface area contributed by atoms with Crippen LogP contribution in [-0.2, 0) is 14.3 Å². The number of ether oxygens (including phenoxy) is 2. The molecule has 3 unspecified atom stereocenters. The molecule has 1 heterocycles. The van der Waals surface area contributed by atoms with Crippen LogP contribution in [0.3, 0.4) is 0 Å². The fraction of sp³-hybridized carbons (Fsp3) is 0.929. The molecule has 0 N–H and O–H groups in total. The van der Waals surface area contributed by atoms with Gasteiger partial charge in [-0.2, -0.15) is 0 Å². The summed E-state index contributed by atoms with van der Waals surface area (Å²) in [4.78, 5) is 10.8. The summed E-state index contributed by atoms with van der Waals surface area (Å²) in [6, 6.07) is 0. The van der Waals surface area contributed by atoms with Crippen LogP contribution in [-0.4, -0.2) is 30.2 Å². The lowest BCUT2D eigenvalue weighted by molar-refractivity contribution is -0.231. The van der Waals surface area contributed by atoms with Gasteiger partial charge in [-0.3, -0.25) is 0 Å². The van der Waals surface area contributed by atoms with E-state index in [2.05, 4.69) is 20.8 Å². The maximum Gasteiger partial charge on any atom is 0.161 e. The first kappa shape index (κ1) is 15.9. The first-order valence-electron chi connectivity index (χ1n) is 6.88. The molecule has 1 aliphatic heterocycles. The van der Waals surface area contributed by atoms with Crippen molar-refractivity contribution in [3.8, 4) is 0 Å². The van der Waals surface area contributed by atoms with Crippen molar-refractivity contribution in [1.82, 2.24) is 0 Å². The second-order valence-electron chi connectivity index (χ2n) is 5.29. The molecule has 5 atom stereocenters. The van der Waals surface area contributed by atoms with Gasteiger partial charge in [-0.05, 0) is 25.7 Å². The number of ketones is 1. The van der Waals surface area contributed by atoms with Crippen LogP contribution < -0.4 is 0 Å². The zero-order valence-electron chi connectivity index (χ0n) is 11.8. The third-order valence-electron chi connectivity index (χ3n) is 3.69. The van der Waals surface area contributed by atoms with Gasteiger partial charge in [0.25, 0.3) is 0 Å². The van der Waals surface area contributed by atoms with Gasteiger partial charge in [-0.1, -0.05) is 20.8 Å². The van der Waals surface area contributed by atoms with Crippen molar-refractivity contribution in [2.45, 2.75) is 64.7 Å². The second kappa shape index (κ2) is 7.46. The Balaban J connectivity index is 2.41. The van der Waals surface area contributed by atoms with Gasteiger partial charge in [0.1, 0.15) is 5.78 Å². The summed E-state index contributed by atoms with van der Waals surface area (Å²) in [5.74, 6) is 0.733. The standard InChI is InChI=1S/C14H25ClO3/c1-5-12-10(3)13(15)11(4)14(18-12)17-8-6-7-9(2)16/h10-14H,5-8H2,1-4H3/t10?,11-,12?,13+,14?/m1/s1. The Morgan fingerprint density at radius 2 is 2.00 bits per heavy atom. The highest BCUT2D eigenvalue weighted by Gasteiger charge is 2.40. The Labute approximate surface area is 115 Å². The summed E-state index contributed by atoms with van der Waals surface area (Å²) in [7, 11) is 0. The molecule has 0 amide bonds. The molecule has 0 aromatic rings. The van der Waals surface area contributed by atoms with E-state index in [1.54, 1.807) is 6.92 Å². The molecule has 1 fully saturated rings. The summed E-state index contributed by atoms with van der Waals surface area (Å²) >= 11 is 6.43. The molecule has 0 bridgehead atoms. The highest BCUT2D eigenvalue weighted by atomic mass is 35.5. The van der Waals surface area contributed by atoms with E-state index in [0.29, 0.717) is 18.9 Å². The summed E-state index contributed by atoms with van der Waals surface area (Å²) in [5.41, 5.74) is 0. The summed E-state index contributed by atoms with van der Waals surface area (Å²) in [5, 5.41) is 0.0847. The van der Waals surface area contributed by atoms with Crippen LogP contribution in [0.2, 0.25) is 0 Å². The monoisotopic (exact) mass is 276 g/mol. The topological polar surface area (TPSA) is 35.5 Å². The van der Waals surface area contributed by atoms with Crippen LogP contribution in [0.25, 0.3) is 0 Å². The van der Waals surface area contributed by atoms with Crippen molar-refractivity contribution in [2.24, 2.45) is 11.8 Å². The van der Waals surface area contributed by atoms with Crippen molar-refractivity contribution < 1.29 is 14.3 Å². The second-order valence-corrected chi connectivity index (χ2v) is 5.79. The van der Waals surface area contributed by atoms with E-state index in [1.165, 1.54) is 0 Å². The quantitative estimate of drug-likeness (QED) is 0.551. The molecule has 106 valence electrons. The van der Waals surface area contributed by atoms with Crippen LogP contribution in [0.5, 0.6) is 0 Å². The zero-order valence-corrected chi connectivity index (χ0v) is 12.6. The SMILES string of the molecule is CCC1OC(OCCCC(C)=O)[C@H](C)[C@@H](Cl)C1C. The predicted molar refractivity (Wildman–Crippen MR) is 72.8 cm³/mol. The molecule has 0 aromatic heterocycles. The first-order valence-corrected chi connectivity index (χ1v) is 7.31. The third kappa shape index (κ3) is 4.22. The van der Waals surface area contributed by atoms with Crippen LogP contribution >= 0.6 is 11.6 Å². The minimum atomic E-state index is -0.236. The van der Waals surface area contributed by atoms with Gasteiger partial charge in [0.05, 0.1) is 12.7 Å². The lowest BCUT2D eigenvalue weighted by Crippen LogP contribution is -2.47. The van der Waals surface area contributed by atoms with Gasteiger partial charge >= 0.3 is 0 Å². The van der Waals surface area contributed by atoms with Crippen LogP contribution in [0.1, 0.15) is 47.0 Å². The minimum absolute atomic E-state index is 0.0847. The number of carbonyl (C=O) groups is 1. The average molecular weight is 277 g/mol. The molecule has 1 rings (SSSR count). The van der Waals surface area contributed by atoms with Crippen molar-refractivity contribution >= 4 is 17.4 Å². The number of Topliss-reactive ketones (excluding diaryl/α,β-unsaturated/α-hetero) is 1. The third-order valence-corrected chi connectivity index (χ3v) is 4.48. The molecule has 1 aliphatic rings. The van der Waals surface area contributed by atoms with E-state index in [0.717, 1.165) is 12.8 Å². The van der Waals surface area contributed by atoms with Gasteiger partial charge in [0.15, 0.2) is 6.29 Å². The molecule has 0 radical (unpaired) electrons. The fourth-order valence-corrected chi connectivity index (χ4v) is 2.71. The maximum atomic E-state index is 10.8. The van der Waals surface area contributed by atoms with Crippen LogP contribution in [0.4, 0.5) is 0 Å². The van der Waals surface area contributed by atoms with E-state index in [1.807, 2.05) is 0 Å². The number of rotatable bonds is 6. The molecular formula is C14H25ClO3. The normalized spacial score (nSPS) is 36.6. The molecule has 4 heteroatoms. The highest BCUT2D eigenvalue weighted by molar-refractivity contribution is 6.21. The Morgan fingerprint density at radius 1 is 1.33 bits per heavy atom. The molecular weight excluding hydrogens is 252 g/mol. The summed E-state index contributed by atoms with van der Waals surface area (Å²) in [6.07, 6.45) is 2.20. The van der Waals surface area contributed by atoms with E-state index >= 15 is 0 Å². The largest absolute Gasteiger partial charge is 0.352 e. The Kier molecular flexibility index (Phi) is 6.61. The molecule has 18 heavy (non-hydrogen) atoms. The van der Waals surface area contributed by atoms with Crippen molar-refractivity contribution in [2.75, 3.05) is 6.61 Å². The molecule has 1 saturated heterocycles. The van der Waals surface area contributed by atoms with Gasteiger partial charge in [-0.15, -0.1) is 11.6 Å². The lowest BCUT2D eigenvalue weighted by Gasteiger charge is -2.41. The number of halogens is 1. The first-order chi connectivity index (χ1) is 8.47. The van der Waals surface area contributed by atoms with Crippen LogP contribution in [0, 0.1) is 11.8 Å². The van der Waals surface area contributed by atoms with E-state index in [4.69, 9.17) is 21.1 Å². The lowest BCUT2D eigenvalue weighted by atomic mass is 9.87. The molecule has 0 saturated carbocycles. The van der Waals surface area contributed by atoms with Gasteiger partial charge in [-0.25, -0.2) is 0 Å². The summed E-state index contributed by atoms with van der Waals surface area (Å²) in [6.45, 7) is 8.46. The maximum absolute atomic E-state index is 10.8. The molecule has 0 aromatic carbocycles. The average Bonchev–Trinajstić information content (AvgIpc) is 2.34. The van der Waals surface area contributed by atoms with E-state index in [-0.39, 0.29) is 29.5 Å². The van der Waals surface area contributed by atoms with Crippen LogP contribution in [0.15, 0.2) is 0 Å². The van der Waals surface area contributed by atoms with E-state index < -0.39 is 0 Å². The number of hydrogen-bond acceptors (Lipinski definition) is 3. The Bertz CT molecular complexity index is 268. The molecule has 0 aliphatic carbocycles. The van der Waals surface area contributed by atoms with Gasteiger partial charge in [0, 0.05) is 17.7 Å². The van der Waals surface area contributed by atoms with Gasteiger partial charge in [0.2, 0.25) is 0 Å².